The van der Waals surface area contributed by atoms with Crippen LogP contribution in [-0.4, -0.2) is 4.98 Å². The molecule has 2 nitrogen and oxygen atoms in total. The van der Waals surface area contributed by atoms with Crippen molar-refractivity contribution in [2.45, 2.75) is 64.8 Å². The minimum absolute atomic E-state index is 0. The molecule has 0 atom stereocenters. The van der Waals surface area contributed by atoms with Gasteiger partial charge in [0.2, 0.25) is 0 Å². The molecule has 1 heterocycles. The van der Waals surface area contributed by atoms with Crippen molar-refractivity contribution in [2.75, 3.05) is 0 Å². The average molecular weight is 271 g/mol. The summed E-state index contributed by atoms with van der Waals surface area (Å²) in [5, 5.41) is 0. The highest BCUT2D eigenvalue weighted by Gasteiger charge is 2.04. The number of aromatic amines is 1. The summed E-state index contributed by atoms with van der Waals surface area (Å²) in [6, 6.07) is 0. The van der Waals surface area contributed by atoms with E-state index < -0.39 is 0 Å². The van der Waals surface area contributed by atoms with E-state index in [0.717, 1.165) is 12.4 Å². The third kappa shape index (κ3) is 6.85. The van der Waals surface area contributed by atoms with E-state index in [9.17, 15) is 0 Å². The van der Waals surface area contributed by atoms with Crippen LogP contribution in [0.4, 0.5) is 0 Å². The fourth-order valence-electron chi connectivity index (χ4n) is 2.16. The summed E-state index contributed by atoms with van der Waals surface area (Å²) in [7, 11) is 0. The Morgan fingerprint density at radius 1 is 1.11 bits per heavy atom. The van der Waals surface area contributed by atoms with Crippen molar-refractivity contribution in [3.05, 3.63) is 24.8 Å². The van der Waals surface area contributed by atoms with Crippen molar-refractivity contribution in [3.8, 4) is 0 Å². The largest absolute Gasteiger partial charge is 1.00 e. The van der Waals surface area contributed by atoms with Gasteiger partial charge in [0, 0.05) is 6.08 Å². The van der Waals surface area contributed by atoms with Gasteiger partial charge in [-0.05, 0) is 12.8 Å². The molecule has 104 valence electrons. The maximum absolute atomic E-state index is 3.80. The number of unbranched alkanes of at least 4 members (excludes halogenated alkanes) is 7. The monoisotopic (exact) mass is 270 g/mol. The molecule has 0 aliphatic carbocycles. The van der Waals surface area contributed by atoms with Gasteiger partial charge in [0.25, 0.3) is 5.82 Å². The number of hydrogen-bond donors (Lipinski definition) is 1. The first-order valence-corrected chi connectivity index (χ1v) is 7.07. The predicted molar refractivity (Wildman–Crippen MR) is 73.7 cm³/mol. The van der Waals surface area contributed by atoms with E-state index >= 15 is 0 Å². The lowest BCUT2D eigenvalue weighted by atomic mass is 10.1. The zero-order valence-corrected chi connectivity index (χ0v) is 12.4. The Morgan fingerprint density at radius 3 is 2.33 bits per heavy atom. The molecule has 0 fully saturated rings. The lowest BCUT2D eigenvalue weighted by Crippen LogP contribution is -3.00. The fraction of sp³-hybridized carbons (Fsp3) is 0.667. The molecular formula is C15H27ClN2. The van der Waals surface area contributed by atoms with Crippen LogP contribution in [0.3, 0.4) is 0 Å². The highest BCUT2D eigenvalue weighted by Crippen LogP contribution is 2.08. The molecule has 1 aromatic heterocycles. The van der Waals surface area contributed by atoms with Gasteiger partial charge in [-0.2, -0.15) is 0 Å². The topological polar surface area (TPSA) is 19.7 Å². The number of nitrogens with zero attached hydrogens (tertiary/aromatic N) is 1. The quantitative estimate of drug-likeness (QED) is 0.485. The van der Waals surface area contributed by atoms with Crippen LogP contribution < -0.4 is 17.0 Å². The van der Waals surface area contributed by atoms with E-state index in [2.05, 4.69) is 29.3 Å². The SMILES string of the molecule is C=Cc1[nH]cc[n+]1CCCCCCCCCC.[Cl-]. The van der Waals surface area contributed by atoms with Crippen LogP contribution in [0.2, 0.25) is 0 Å². The van der Waals surface area contributed by atoms with E-state index in [1.54, 1.807) is 0 Å². The molecule has 0 aromatic carbocycles. The molecule has 0 aliphatic rings. The smallest absolute Gasteiger partial charge is 0.278 e. The second kappa shape index (κ2) is 11.3. The van der Waals surface area contributed by atoms with Gasteiger partial charge in [0.15, 0.2) is 0 Å². The summed E-state index contributed by atoms with van der Waals surface area (Å²) >= 11 is 0. The normalized spacial score (nSPS) is 10.1. The van der Waals surface area contributed by atoms with Crippen LogP contribution in [0.1, 0.15) is 64.1 Å². The van der Waals surface area contributed by atoms with Crippen LogP contribution in [0.25, 0.3) is 6.08 Å². The first-order valence-electron chi connectivity index (χ1n) is 7.07. The molecule has 18 heavy (non-hydrogen) atoms. The van der Waals surface area contributed by atoms with Crippen LogP contribution in [0.5, 0.6) is 0 Å². The number of hydrogen-bond acceptors (Lipinski definition) is 0. The Kier molecular flexibility index (Phi) is 10.9. The number of aromatic nitrogens is 2. The maximum atomic E-state index is 3.80. The summed E-state index contributed by atoms with van der Waals surface area (Å²) in [6.45, 7) is 7.18. The molecule has 0 radical (unpaired) electrons. The molecule has 1 aromatic rings. The molecule has 1 rings (SSSR count). The summed E-state index contributed by atoms with van der Waals surface area (Å²) < 4.78 is 2.24. The second-order valence-corrected chi connectivity index (χ2v) is 4.72. The second-order valence-electron chi connectivity index (χ2n) is 4.72. The molecular weight excluding hydrogens is 244 g/mol. The number of H-pyrrole nitrogens is 1. The van der Waals surface area contributed by atoms with Gasteiger partial charge in [-0.15, -0.1) is 0 Å². The average Bonchev–Trinajstić information content (AvgIpc) is 2.80. The minimum Gasteiger partial charge on any atom is -1.00 e. The highest BCUT2D eigenvalue weighted by molar-refractivity contribution is 5.31. The Balaban J connectivity index is 0.00000289. The van der Waals surface area contributed by atoms with Crippen molar-refractivity contribution < 1.29 is 17.0 Å². The van der Waals surface area contributed by atoms with Gasteiger partial charge in [-0.1, -0.05) is 52.0 Å². The number of aryl methyl sites for hydroxylation is 1. The van der Waals surface area contributed by atoms with Gasteiger partial charge >= 0.3 is 0 Å². The molecule has 1 N–H and O–H groups in total. The highest BCUT2D eigenvalue weighted by atomic mass is 35.5. The van der Waals surface area contributed by atoms with E-state index in [4.69, 9.17) is 0 Å². The number of imidazole rings is 1. The summed E-state index contributed by atoms with van der Waals surface area (Å²) in [4.78, 5) is 3.18. The molecule has 0 bridgehead atoms. The predicted octanol–water partition coefficient (Wildman–Crippen LogP) is 1.09. The molecule has 0 aliphatic heterocycles. The lowest BCUT2D eigenvalue weighted by molar-refractivity contribution is -0.697. The van der Waals surface area contributed by atoms with E-state index in [0.29, 0.717) is 0 Å². The third-order valence-corrected chi connectivity index (χ3v) is 3.24. The van der Waals surface area contributed by atoms with Crippen molar-refractivity contribution in [1.29, 1.82) is 0 Å². The van der Waals surface area contributed by atoms with Gasteiger partial charge in [-0.3, -0.25) is 0 Å². The molecule has 0 unspecified atom stereocenters. The zero-order chi connectivity index (χ0) is 12.3. The fourth-order valence-corrected chi connectivity index (χ4v) is 2.16. The van der Waals surface area contributed by atoms with Gasteiger partial charge < -0.3 is 12.4 Å². The van der Waals surface area contributed by atoms with Crippen molar-refractivity contribution in [2.24, 2.45) is 0 Å². The van der Waals surface area contributed by atoms with E-state index in [1.807, 2.05) is 12.3 Å². The van der Waals surface area contributed by atoms with Gasteiger partial charge in [0.1, 0.15) is 12.4 Å². The Labute approximate surface area is 118 Å². The standard InChI is InChI=1S/C15H26N2.ClH/c1-3-5-6-7-8-9-10-11-13-17-14-12-16-15(17)4-2;/h4,12,14H,2-3,5-11,13H2,1H3;1H. The Bertz CT molecular complexity index is 307. The van der Waals surface area contributed by atoms with Gasteiger partial charge in [0.05, 0.1) is 6.54 Å². The summed E-state index contributed by atoms with van der Waals surface area (Å²) in [5.41, 5.74) is 0. The summed E-state index contributed by atoms with van der Waals surface area (Å²) in [5.74, 6) is 1.12. The van der Waals surface area contributed by atoms with Crippen molar-refractivity contribution in [1.82, 2.24) is 4.98 Å². The van der Waals surface area contributed by atoms with Crippen molar-refractivity contribution in [3.63, 3.8) is 0 Å². The first kappa shape index (κ1) is 17.2. The maximum Gasteiger partial charge on any atom is 0.278 e. The molecule has 0 spiro atoms. The minimum atomic E-state index is 0. The van der Waals surface area contributed by atoms with Crippen molar-refractivity contribution >= 4 is 6.08 Å². The van der Waals surface area contributed by atoms with Crippen LogP contribution in [0.15, 0.2) is 19.0 Å². The Hall–Kier alpha value is -0.760. The van der Waals surface area contributed by atoms with Crippen LogP contribution >= 0.6 is 0 Å². The molecule has 0 saturated carbocycles. The number of rotatable bonds is 10. The van der Waals surface area contributed by atoms with Crippen LogP contribution in [-0.2, 0) is 6.54 Å². The zero-order valence-electron chi connectivity index (χ0n) is 11.6. The third-order valence-electron chi connectivity index (χ3n) is 3.24. The molecule has 3 heteroatoms. The lowest BCUT2D eigenvalue weighted by Gasteiger charge is -2.01. The number of halogens is 1. The summed E-state index contributed by atoms with van der Waals surface area (Å²) in [6.07, 6.45) is 17.0. The van der Waals surface area contributed by atoms with Crippen LogP contribution in [0, 0.1) is 0 Å². The molecule has 0 amide bonds. The van der Waals surface area contributed by atoms with E-state index in [1.165, 1.54) is 51.4 Å². The number of nitrogens with one attached hydrogen (secondary N) is 1. The van der Waals surface area contributed by atoms with E-state index in [-0.39, 0.29) is 12.4 Å². The Morgan fingerprint density at radius 2 is 1.72 bits per heavy atom. The molecule has 0 saturated heterocycles. The van der Waals surface area contributed by atoms with Gasteiger partial charge in [-0.25, -0.2) is 9.55 Å². The first-order chi connectivity index (χ1) is 8.38.